The minimum atomic E-state index is -0.832. The summed E-state index contributed by atoms with van der Waals surface area (Å²) in [7, 11) is 0. The smallest absolute Gasteiger partial charge is 0.317 e. The quantitative estimate of drug-likeness (QED) is 0.824. The van der Waals surface area contributed by atoms with E-state index < -0.39 is 11.4 Å². The van der Waals surface area contributed by atoms with Gasteiger partial charge in [-0.1, -0.05) is 0 Å². The second-order valence-corrected chi connectivity index (χ2v) is 6.21. The molecule has 0 unspecified atom stereocenters. The molecule has 1 aliphatic rings. The van der Waals surface area contributed by atoms with Crippen molar-refractivity contribution in [2.75, 3.05) is 6.54 Å². The molecule has 1 rings (SSSR count). The Kier molecular flexibility index (Phi) is 5.20. The van der Waals surface area contributed by atoms with E-state index in [0.29, 0.717) is 13.0 Å². The van der Waals surface area contributed by atoms with Crippen LogP contribution in [-0.2, 0) is 4.79 Å². The van der Waals surface area contributed by atoms with Gasteiger partial charge >= 0.3 is 12.0 Å². The Hall–Kier alpha value is -1.26. The molecule has 1 saturated heterocycles. The predicted molar refractivity (Wildman–Crippen MR) is 74.0 cm³/mol. The first-order valence-electron chi connectivity index (χ1n) is 7.05. The van der Waals surface area contributed by atoms with E-state index in [1.54, 1.807) is 13.8 Å². The van der Waals surface area contributed by atoms with Gasteiger partial charge in [-0.3, -0.25) is 4.79 Å². The van der Waals surface area contributed by atoms with E-state index in [1.807, 2.05) is 4.90 Å². The molecule has 110 valence electrons. The molecule has 0 aromatic rings. The third kappa shape index (κ3) is 4.11. The van der Waals surface area contributed by atoms with E-state index in [-0.39, 0.29) is 18.1 Å². The summed E-state index contributed by atoms with van der Waals surface area (Å²) >= 11 is 0. The lowest BCUT2D eigenvalue weighted by Crippen LogP contribution is -2.52. The summed E-state index contributed by atoms with van der Waals surface area (Å²) in [5.74, 6) is -0.832. The van der Waals surface area contributed by atoms with Gasteiger partial charge < -0.3 is 15.3 Å². The molecule has 1 aliphatic heterocycles. The second kappa shape index (κ2) is 6.26. The summed E-state index contributed by atoms with van der Waals surface area (Å²) in [6, 6.07) is 0.452. The second-order valence-electron chi connectivity index (χ2n) is 6.21. The molecule has 2 N–H and O–H groups in total. The molecule has 0 aromatic heterocycles. The van der Waals surface area contributed by atoms with E-state index in [4.69, 9.17) is 5.11 Å². The lowest BCUT2D eigenvalue weighted by Gasteiger charge is -2.39. The fourth-order valence-corrected chi connectivity index (χ4v) is 2.50. The number of urea groups is 1. The molecule has 5 heteroatoms. The molecule has 2 atom stereocenters. The first kappa shape index (κ1) is 15.8. The highest BCUT2D eigenvalue weighted by atomic mass is 16.4. The maximum atomic E-state index is 12.1. The highest BCUT2D eigenvalue weighted by Crippen LogP contribution is 2.23. The van der Waals surface area contributed by atoms with Gasteiger partial charge in [-0.15, -0.1) is 0 Å². The lowest BCUT2D eigenvalue weighted by atomic mass is 9.90. The van der Waals surface area contributed by atoms with Crippen LogP contribution in [0, 0.1) is 5.41 Å². The van der Waals surface area contributed by atoms with Crippen LogP contribution in [0.3, 0.4) is 0 Å². The van der Waals surface area contributed by atoms with Gasteiger partial charge in [0.1, 0.15) is 0 Å². The Morgan fingerprint density at radius 3 is 2.26 bits per heavy atom. The highest BCUT2D eigenvalue weighted by Gasteiger charge is 2.30. The Morgan fingerprint density at radius 1 is 1.26 bits per heavy atom. The van der Waals surface area contributed by atoms with Crippen LogP contribution < -0.4 is 5.32 Å². The minimum absolute atomic E-state index is 0.0686. The highest BCUT2D eigenvalue weighted by molar-refractivity contribution is 5.75. The predicted octanol–water partition coefficient (Wildman–Crippen LogP) is 2.46. The van der Waals surface area contributed by atoms with Crippen molar-refractivity contribution in [1.82, 2.24) is 10.2 Å². The SMILES string of the molecule is C[C@@H]1CCC[C@H](C)N1C(=O)NCCC(C)(C)C(=O)O. The molecular formula is C14H26N2O3. The molecule has 0 aliphatic carbocycles. The number of carboxylic acids is 1. The number of carboxylic acid groups (broad SMARTS) is 1. The van der Waals surface area contributed by atoms with Crippen LogP contribution in [0.25, 0.3) is 0 Å². The topological polar surface area (TPSA) is 69.6 Å². The van der Waals surface area contributed by atoms with Gasteiger partial charge in [-0.05, 0) is 53.4 Å². The van der Waals surface area contributed by atoms with Gasteiger partial charge in [0.15, 0.2) is 0 Å². The van der Waals surface area contributed by atoms with Crippen LogP contribution in [0.15, 0.2) is 0 Å². The van der Waals surface area contributed by atoms with Crippen molar-refractivity contribution in [3.63, 3.8) is 0 Å². The van der Waals surface area contributed by atoms with Crippen LogP contribution in [0.4, 0.5) is 4.79 Å². The van der Waals surface area contributed by atoms with Crippen molar-refractivity contribution >= 4 is 12.0 Å². The molecule has 0 radical (unpaired) electrons. The number of carbonyl (C=O) groups excluding carboxylic acids is 1. The molecule has 0 aromatic carbocycles. The third-order valence-electron chi connectivity index (χ3n) is 4.03. The van der Waals surface area contributed by atoms with Gasteiger partial charge in [-0.25, -0.2) is 4.79 Å². The zero-order valence-electron chi connectivity index (χ0n) is 12.4. The standard InChI is InChI=1S/C14H26N2O3/c1-10-6-5-7-11(2)16(10)13(19)15-9-8-14(3,4)12(17)18/h10-11H,5-9H2,1-4H3,(H,15,19)(H,17,18)/t10-,11+. The maximum Gasteiger partial charge on any atom is 0.317 e. The van der Waals surface area contributed by atoms with Gasteiger partial charge in [0, 0.05) is 18.6 Å². The van der Waals surface area contributed by atoms with E-state index in [2.05, 4.69) is 19.2 Å². The zero-order valence-corrected chi connectivity index (χ0v) is 12.4. The monoisotopic (exact) mass is 270 g/mol. The minimum Gasteiger partial charge on any atom is -0.481 e. The molecule has 0 bridgehead atoms. The Morgan fingerprint density at radius 2 is 1.79 bits per heavy atom. The fraction of sp³-hybridized carbons (Fsp3) is 0.857. The van der Waals surface area contributed by atoms with Crippen molar-refractivity contribution in [2.24, 2.45) is 5.41 Å². The molecule has 1 fully saturated rings. The number of aliphatic carboxylic acids is 1. The molecule has 5 nitrogen and oxygen atoms in total. The number of hydrogen-bond acceptors (Lipinski definition) is 2. The number of hydrogen-bond donors (Lipinski definition) is 2. The molecule has 2 amide bonds. The van der Waals surface area contributed by atoms with Gasteiger partial charge in [0.05, 0.1) is 5.41 Å². The van der Waals surface area contributed by atoms with E-state index in [9.17, 15) is 9.59 Å². The van der Waals surface area contributed by atoms with Crippen LogP contribution in [0.1, 0.15) is 53.4 Å². The summed E-state index contributed by atoms with van der Waals surface area (Å²) < 4.78 is 0. The summed E-state index contributed by atoms with van der Waals surface area (Å²) in [4.78, 5) is 25.0. The Labute approximate surface area is 115 Å². The first-order chi connectivity index (χ1) is 8.75. The molecule has 19 heavy (non-hydrogen) atoms. The van der Waals surface area contributed by atoms with Crippen molar-refractivity contribution in [1.29, 1.82) is 0 Å². The van der Waals surface area contributed by atoms with Gasteiger partial charge in [0.2, 0.25) is 0 Å². The largest absolute Gasteiger partial charge is 0.481 e. The number of piperidine rings is 1. The summed E-state index contributed by atoms with van der Waals surface area (Å²) in [6.07, 6.45) is 3.68. The van der Waals surface area contributed by atoms with Crippen molar-refractivity contribution in [3.05, 3.63) is 0 Å². The van der Waals surface area contributed by atoms with Gasteiger partial charge in [0.25, 0.3) is 0 Å². The number of nitrogens with zero attached hydrogens (tertiary/aromatic N) is 1. The number of amides is 2. The lowest BCUT2D eigenvalue weighted by molar-refractivity contribution is -0.147. The fourth-order valence-electron chi connectivity index (χ4n) is 2.50. The number of likely N-dealkylation sites (tertiary alicyclic amines) is 1. The third-order valence-corrected chi connectivity index (χ3v) is 4.03. The molecule has 0 saturated carbocycles. The summed E-state index contributed by atoms with van der Waals surface area (Å²) in [5, 5.41) is 11.9. The first-order valence-corrected chi connectivity index (χ1v) is 7.05. The van der Waals surface area contributed by atoms with Crippen molar-refractivity contribution < 1.29 is 14.7 Å². The number of carbonyl (C=O) groups is 2. The van der Waals surface area contributed by atoms with E-state index in [0.717, 1.165) is 19.3 Å². The van der Waals surface area contributed by atoms with Crippen molar-refractivity contribution in [3.8, 4) is 0 Å². The average Bonchev–Trinajstić information content (AvgIpc) is 2.28. The van der Waals surface area contributed by atoms with Crippen LogP contribution in [0.2, 0.25) is 0 Å². The van der Waals surface area contributed by atoms with Crippen LogP contribution in [0.5, 0.6) is 0 Å². The normalized spacial score (nSPS) is 24.1. The Balaban J connectivity index is 2.45. The summed E-state index contributed by atoms with van der Waals surface area (Å²) in [5.41, 5.74) is -0.799. The zero-order chi connectivity index (χ0) is 14.6. The number of nitrogens with one attached hydrogen (secondary N) is 1. The van der Waals surface area contributed by atoms with Crippen molar-refractivity contribution in [2.45, 2.75) is 65.5 Å². The molecule has 0 spiro atoms. The number of rotatable bonds is 4. The molecule has 1 heterocycles. The Bertz CT molecular complexity index is 332. The van der Waals surface area contributed by atoms with Crippen LogP contribution >= 0.6 is 0 Å². The van der Waals surface area contributed by atoms with Crippen LogP contribution in [-0.4, -0.2) is 40.6 Å². The van der Waals surface area contributed by atoms with Gasteiger partial charge in [-0.2, -0.15) is 0 Å². The maximum absolute atomic E-state index is 12.1. The van der Waals surface area contributed by atoms with E-state index >= 15 is 0 Å². The molecular weight excluding hydrogens is 244 g/mol. The summed E-state index contributed by atoms with van der Waals surface area (Å²) in [6.45, 7) is 7.88. The van der Waals surface area contributed by atoms with E-state index in [1.165, 1.54) is 0 Å². The average molecular weight is 270 g/mol.